The van der Waals surface area contributed by atoms with Gasteiger partial charge < -0.3 is 19.9 Å². The number of hydrogen-bond donors (Lipinski definition) is 2. The molecule has 0 bridgehead atoms. The predicted molar refractivity (Wildman–Crippen MR) is 151 cm³/mol. The maximum Gasteiger partial charge on any atom is 0.416 e. The molecule has 12 heteroatoms. The number of aliphatic carboxylic acids is 1. The lowest BCUT2D eigenvalue weighted by molar-refractivity contribution is -0.143. The zero-order chi connectivity index (χ0) is 32.2. The predicted octanol–water partition coefficient (Wildman–Crippen LogP) is 8.08. The number of alkyl halides is 6. The topological polar surface area (TPSA) is 84.9 Å². The molecular formula is C32H33F6NO5. The van der Waals surface area contributed by atoms with Crippen molar-refractivity contribution in [2.24, 2.45) is 0 Å². The summed E-state index contributed by atoms with van der Waals surface area (Å²) in [5.41, 5.74) is -1.43. The van der Waals surface area contributed by atoms with Gasteiger partial charge in [-0.1, -0.05) is 31.4 Å². The third-order valence-corrected chi connectivity index (χ3v) is 6.60. The molecule has 0 saturated heterocycles. The number of carbonyl (C=O) groups excluding carboxylic acids is 1. The summed E-state index contributed by atoms with van der Waals surface area (Å²) >= 11 is 0. The molecule has 3 aromatic rings. The lowest BCUT2D eigenvalue weighted by atomic mass is 10.0. The summed E-state index contributed by atoms with van der Waals surface area (Å²) in [7, 11) is 0. The van der Waals surface area contributed by atoms with Crippen LogP contribution < -0.4 is 14.8 Å². The molecule has 0 aliphatic carbocycles. The molecule has 0 saturated carbocycles. The van der Waals surface area contributed by atoms with Gasteiger partial charge in [-0.2, -0.15) is 26.3 Å². The van der Waals surface area contributed by atoms with Crippen LogP contribution in [0.25, 0.3) is 0 Å². The first kappa shape index (κ1) is 34.3. The minimum absolute atomic E-state index is 0.0799. The van der Waals surface area contributed by atoms with Crippen molar-refractivity contribution in [3.8, 4) is 11.5 Å². The van der Waals surface area contributed by atoms with Crippen LogP contribution in [0.15, 0.2) is 66.7 Å². The Kier molecular flexibility index (Phi) is 12.5. The Balaban J connectivity index is 1.31. The lowest BCUT2D eigenvalue weighted by Gasteiger charge is -2.15. The number of ether oxygens (including phenoxy) is 2. The summed E-state index contributed by atoms with van der Waals surface area (Å²) in [6, 6.07) is 14.9. The van der Waals surface area contributed by atoms with Gasteiger partial charge in [-0.3, -0.25) is 9.59 Å². The number of carboxylic acids is 1. The van der Waals surface area contributed by atoms with Crippen molar-refractivity contribution in [3.63, 3.8) is 0 Å². The maximum absolute atomic E-state index is 13.0. The first-order valence-corrected chi connectivity index (χ1v) is 14.0. The standard InChI is InChI=1S/C32H33F6NO5/c33-31(34,35)25-18-23(19-26(20-25)32(36,37)38)21-44-28-13-11-27(12-14-28)43-17-5-3-1-2-4-6-22-7-9-24(10-8-22)30(42)39-16-15-29(40)41/h7-14,18-20H,1-6,15-17,21H2,(H,39,42)(H,40,41). The summed E-state index contributed by atoms with van der Waals surface area (Å²) < 4.78 is 89.4. The molecule has 0 aliphatic heterocycles. The van der Waals surface area contributed by atoms with Gasteiger partial charge in [-0.25, -0.2) is 0 Å². The molecule has 0 aliphatic rings. The summed E-state index contributed by atoms with van der Waals surface area (Å²) in [4.78, 5) is 22.5. The van der Waals surface area contributed by atoms with E-state index >= 15 is 0 Å². The van der Waals surface area contributed by atoms with Crippen LogP contribution in [-0.4, -0.2) is 30.1 Å². The van der Waals surface area contributed by atoms with E-state index in [0.29, 0.717) is 30.1 Å². The summed E-state index contributed by atoms with van der Waals surface area (Å²) in [6.07, 6.45) is -4.25. The number of hydrogen-bond acceptors (Lipinski definition) is 4. The Morgan fingerprint density at radius 2 is 1.23 bits per heavy atom. The first-order valence-electron chi connectivity index (χ1n) is 14.0. The molecule has 0 atom stereocenters. The monoisotopic (exact) mass is 625 g/mol. The molecule has 0 spiro atoms. The highest BCUT2D eigenvalue weighted by molar-refractivity contribution is 5.94. The largest absolute Gasteiger partial charge is 0.494 e. The van der Waals surface area contributed by atoms with Crippen molar-refractivity contribution in [3.05, 3.63) is 94.5 Å². The van der Waals surface area contributed by atoms with Gasteiger partial charge in [0.25, 0.3) is 5.91 Å². The van der Waals surface area contributed by atoms with Crippen LogP contribution in [0.1, 0.15) is 71.1 Å². The molecule has 0 fully saturated rings. The number of benzene rings is 3. The molecule has 3 aromatic carbocycles. The van der Waals surface area contributed by atoms with Crippen molar-refractivity contribution in [1.29, 1.82) is 0 Å². The molecule has 6 nitrogen and oxygen atoms in total. The quantitative estimate of drug-likeness (QED) is 0.124. The number of unbranched alkanes of at least 4 members (excludes halogenated alkanes) is 4. The van der Waals surface area contributed by atoms with E-state index in [1.54, 1.807) is 24.3 Å². The number of amides is 1. The highest BCUT2D eigenvalue weighted by Gasteiger charge is 2.36. The molecule has 0 aromatic heterocycles. The Morgan fingerprint density at radius 1 is 0.682 bits per heavy atom. The average molecular weight is 626 g/mol. The fourth-order valence-corrected chi connectivity index (χ4v) is 4.26. The molecule has 2 N–H and O–H groups in total. The normalized spacial score (nSPS) is 11.7. The van der Waals surface area contributed by atoms with Crippen molar-refractivity contribution in [1.82, 2.24) is 5.32 Å². The molecule has 1 amide bonds. The molecule has 0 heterocycles. The van der Waals surface area contributed by atoms with Crippen molar-refractivity contribution >= 4 is 11.9 Å². The van der Waals surface area contributed by atoms with Crippen molar-refractivity contribution in [2.75, 3.05) is 13.2 Å². The Labute approximate surface area is 251 Å². The van der Waals surface area contributed by atoms with E-state index in [1.165, 1.54) is 12.1 Å². The SMILES string of the molecule is O=C(O)CCNC(=O)c1ccc(CCCCCCCOc2ccc(OCc3cc(C(F)(F)F)cc(C(F)(F)F)c3)cc2)cc1. The number of nitrogens with one attached hydrogen (secondary N) is 1. The highest BCUT2D eigenvalue weighted by atomic mass is 19.4. The summed E-state index contributed by atoms with van der Waals surface area (Å²) in [6.45, 7) is 0.101. The van der Waals surface area contributed by atoms with Gasteiger partial charge in [0.1, 0.15) is 18.1 Å². The van der Waals surface area contributed by atoms with Gasteiger partial charge in [-0.15, -0.1) is 0 Å². The second kappa shape index (κ2) is 16.0. The Bertz CT molecular complexity index is 1320. The minimum Gasteiger partial charge on any atom is -0.494 e. The van der Waals surface area contributed by atoms with E-state index in [2.05, 4.69) is 5.32 Å². The Hall–Kier alpha value is -4.22. The third kappa shape index (κ3) is 11.8. The molecule has 238 valence electrons. The van der Waals surface area contributed by atoms with Gasteiger partial charge in [0.15, 0.2) is 0 Å². The van der Waals surface area contributed by atoms with Crippen LogP contribution >= 0.6 is 0 Å². The van der Waals surface area contributed by atoms with E-state index in [9.17, 15) is 35.9 Å². The van der Waals surface area contributed by atoms with Crippen molar-refractivity contribution < 1.29 is 50.5 Å². The number of halogens is 6. The van der Waals surface area contributed by atoms with Gasteiger partial charge >= 0.3 is 18.3 Å². The third-order valence-electron chi connectivity index (χ3n) is 6.60. The molecule has 0 unspecified atom stereocenters. The average Bonchev–Trinajstić information content (AvgIpc) is 2.97. The second-order valence-electron chi connectivity index (χ2n) is 10.1. The van der Waals surface area contributed by atoms with Crippen LogP contribution in [0.5, 0.6) is 11.5 Å². The summed E-state index contributed by atoms with van der Waals surface area (Å²) in [5, 5.41) is 11.2. The highest BCUT2D eigenvalue weighted by Crippen LogP contribution is 2.36. The maximum atomic E-state index is 13.0. The van der Waals surface area contributed by atoms with Gasteiger partial charge in [0, 0.05) is 12.1 Å². The van der Waals surface area contributed by atoms with E-state index < -0.39 is 36.1 Å². The number of carbonyl (C=O) groups is 2. The molecule has 44 heavy (non-hydrogen) atoms. The van der Waals surface area contributed by atoms with Gasteiger partial charge in [0.05, 0.1) is 24.2 Å². The van der Waals surface area contributed by atoms with E-state index in [0.717, 1.165) is 44.1 Å². The van der Waals surface area contributed by atoms with Crippen LogP contribution in [0.2, 0.25) is 0 Å². The number of rotatable bonds is 16. The van der Waals surface area contributed by atoms with Crippen molar-refractivity contribution in [2.45, 2.75) is 63.9 Å². The van der Waals surface area contributed by atoms with E-state index in [-0.39, 0.29) is 36.3 Å². The number of carboxylic acid groups (broad SMARTS) is 1. The van der Waals surface area contributed by atoms with E-state index in [4.69, 9.17) is 14.6 Å². The van der Waals surface area contributed by atoms with Crippen LogP contribution in [0, 0.1) is 0 Å². The second-order valence-corrected chi connectivity index (χ2v) is 10.1. The fraction of sp³-hybridized carbons (Fsp3) is 0.375. The van der Waals surface area contributed by atoms with E-state index in [1.807, 2.05) is 12.1 Å². The van der Waals surface area contributed by atoms with Crippen LogP contribution in [0.4, 0.5) is 26.3 Å². The Morgan fingerprint density at radius 3 is 1.80 bits per heavy atom. The smallest absolute Gasteiger partial charge is 0.416 e. The fourth-order valence-electron chi connectivity index (χ4n) is 4.26. The van der Waals surface area contributed by atoms with Crippen LogP contribution in [-0.2, 0) is 30.2 Å². The zero-order valence-corrected chi connectivity index (χ0v) is 23.8. The molecule has 3 rings (SSSR count). The molecule has 0 radical (unpaired) electrons. The van der Waals surface area contributed by atoms with Gasteiger partial charge in [0.2, 0.25) is 0 Å². The first-order chi connectivity index (χ1) is 20.8. The molecular weight excluding hydrogens is 592 g/mol. The van der Waals surface area contributed by atoms with Crippen LogP contribution in [0.3, 0.4) is 0 Å². The zero-order valence-electron chi connectivity index (χ0n) is 23.8. The lowest BCUT2D eigenvalue weighted by Crippen LogP contribution is -2.25. The minimum atomic E-state index is -4.92. The number of aryl methyl sites for hydroxylation is 1. The van der Waals surface area contributed by atoms with Gasteiger partial charge in [-0.05, 0) is 85.0 Å². The summed E-state index contributed by atoms with van der Waals surface area (Å²) in [5.74, 6) is -0.431.